The van der Waals surface area contributed by atoms with Crippen LogP contribution in [0, 0.1) is 0 Å². The Hall–Kier alpha value is 0.490. The van der Waals surface area contributed by atoms with Crippen molar-refractivity contribution >= 4 is 45.8 Å². The van der Waals surface area contributed by atoms with E-state index in [0.29, 0.717) is 11.8 Å². The first-order valence-electron chi connectivity index (χ1n) is 5.69. The average Bonchev–Trinajstić information content (AvgIpc) is 2.39. The minimum absolute atomic E-state index is 0.0607. The summed E-state index contributed by atoms with van der Waals surface area (Å²) in [5, 5.41) is 0. The van der Waals surface area contributed by atoms with Gasteiger partial charge in [0, 0.05) is 18.4 Å². The highest BCUT2D eigenvalue weighted by Gasteiger charge is 2.17. The standard InChI is InChI=1S/C13H17Cl2IO/c14-9-12(16)13(10-15)17-8-4-7-11-5-2-1-3-6-11/h1-3,5-6,12-13H,4,7-10H2. The summed E-state index contributed by atoms with van der Waals surface area (Å²) in [4.78, 5) is 0. The van der Waals surface area contributed by atoms with Crippen molar-refractivity contribution < 1.29 is 4.74 Å². The zero-order chi connectivity index (χ0) is 12.5. The molecule has 0 saturated carbocycles. The van der Waals surface area contributed by atoms with Crippen LogP contribution < -0.4 is 0 Å². The lowest BCUT2D eigenvalue weighted by molar-refractivity contribution is 0.0713. The number of hydrogen-bond donors (Lipinski definition) is 0. The van der Waals surface area contributed by atoms with Gasteiger partial charge in [-0.15, -0.1) is 23.2 Å². The first-order chi connectivity index (χ1) is 8.27. The van der Waals surface area contributed by atoms with Gasteiger partial charge in [-0.25, -0.2) is 0 Å². The average molecular weight is 387 g/mol. The molecule has 0 aliphatic rings. The van der Waals surface area contributed by atoms with Gasteiger partial charge in [-0.05, 0) is 18.4 Å². The van der Waals surface area contributed by atoms with Gasteiger partial charge < -0.3 is 4.74 Å². The second-order valence-corrected chi connectivity index (χ2v) is 6.04. The van der Waals surface area contributed by atoms with Crippen LogP contribution in [0.3, 0.4) is 0 Å². The van der Waals surface area contributed by atoms with Crippen LogP contribution in [-0.4, -0.2) is 28.4 Å². The van der Waals surface area contributed by atoms with E-state index < -0.39 is 0 Å². The third-order valence-corrected chi connectivity index (χ3v) is 4.89. The summed E-state index contributed by atoms with van der Waals surface area (Å²) in [6, 6.07) is 10.4. The maximum Gasteiger partial charge on any atom is 0.0839 e. The summed E-state index contributed by atoms with van der Waals surface area (Å²) in [7, 11) is 0. The van der Waals surface area contributed by atoms with Gasteiger partial charge in [0.2, 0.25) is 0 Å². The van der Waals surface area contributed by atoms with Gasteiger partial charge in [-0.2, -0.15) is 0 Å². The Labute approximate surface area is 127 Å². The molecule has 0 saturated heterocycles. The SMILES string of the molecule is ClCC(I)C(CCl)OCCCc1ccccc1. The molecule has 2 unspecified atom stereocenters. The molecule has 0 aliphatic heterocycles. The first kappa shape index (κ1) is 15.5. The second kappa shape index (κ2) is 9.42. The predicted molar refractivity (Wildman–Crippen MR) is 83.8 cm³/mol. The summed E-state index contributed by atoms with van der Waals surface area (Å²) >= 11 is 13.9. The lowest BCUT2D eigenvalue weighted by Gasteiger charge is -2.19. The number of alkyl halides is 3. The smallest absolute Gasteiger partial charge is 0.0839 e. The second-order valence-electron chi connectivity index (χ2n) is 3.82. The zero-order valence-corrected chi connectivity index (χ0v) is 13.3. The Bertz CT molecular complexity index is 295. The fourth-order valence-electron chi connectivity index (χ4n) is 1.50. The summed E-state index contributed by atoms with van der Waals surface area (Å²) in [5.74, 6) is 1.09. The van der Waals surface area contributed by atoms with E-state index in [0.717, 1.165) is 19.4 Å². The summed E-state index contributed by atoms with van der Waals surface area (Å²) in [6.07, 6.45) is 2.12. The Morgan fingerprint density at radius 3 is 2.41 bits per heavy atom. The highest BCUT2D eigenvalue weighted by molar-refractivity contribution is 14.1. The van der Waals surface area contributed by atoms with Gasteiger partial charge in [0.05, 0.1) is 10.0 Å². The molecule has 1 nitrogen and oxygen atoms in total. The van der Waals surface area contributed by atoms with E-state index in [4.69, 9.17) is 27.9 Å². The molecule has 0 spiro atoms. The van der Waals surface area contributed by atoms with Crippen LogP contribution in [-0.2, 0) is 11.2 Å². The normalized spacial score (nSPS) is 14.5. The number of ether oxygens (including phenoxy) is 1. The molecule has 1 aromatic carbocycles. The van der Waals surface area contributed by atoms with Gasteiger partial charge >= 0.3 is 0 Å². The maximum atomic E-state index is 5.85. The van der Waals surface area contributed by atoms with Crippen LogP contribution in [0.25, 0.3) is 0 Å². The zero-order valence-electron chi connectivity index (χ0n) is 9.62. The number of hydrogen-bond acceptors (Lipinski definition) is 1. The number of rotatable bonds is 8. The Balaban J connectivity index is 2.19. The molecular formula is C13H17Cl2IO. The van der Waals surface area contributed by atoms with Gasteiger partial charge in [0.1, 0.15) is 0 Å². The van der Waals surface area contributed by atoms with Crippen LogP contribution in [0.1, 0.15) is 12.0 Å². The molecule has 4 heteroatoms. The summed E-state index contributed by atoms with van der Waals surface area (Å²) in [5.41, 5.74) is 1.35. The van der Waals surface area contributed by atoms with Crippen molar-refractivity contribution in [3.8, 4) is 0 Å². The fraction of sp³-hybridized carbons (Fsp3) is 0.538. The van der Waals surface area contributed by atoms with Crippen molar-refractivity contribution in [3.63, 3.8) is 0 Å². The third-order valence-electron chi connectivity index (χ3n) is 2.49. The molecule has 0 heterocycles. The number of benzene rings is 1. The van der Waals surface area contributed by atoms with Crippen molar-refractivity contribution in [1.82, 2.24) is 0 Å². The third kappa shape index (κ3) is 6.27. The van der Waals surface area contributed by atoms with Crippen LogP contribution in [0.4, 0.5) is 0 Å². The van der Waals surface area contributed by atoms with Crippen molar-refractivity contribution in [1.29, 1.82) is 0 Å². The molecular weight excluding hydrogens is 370 g/mol. The lowest BCUT2D eigenvalue weighted by atomic mass is 10.1. The molecule has 0 amide bonds. The van der Waals surface area contributed by atoms with Crippen molar-refractivity contribution in [3.05, 3.63) is 35.9 Å². The monoisotopic (exact) mass is 386 g/mol. The molecule has 0 aliphatic carbocycles. The number of halogens is 3. The molecule has 2 atom stereocenters. The van der Waals surface area contributed by atoms with Crippen molar-refractivity contribution in [2.45, 2.75) is 22.9 Å². The van der Waals surface area contributed by atoms with Crippen LogP contribution in [0.15, 0.2) is 30.3 Å². The summed E-state index contributed by atoms with van der Waals surface area (Å²) in [6.45, 7) is 0.739. The fourth-order valence-corrected chi connectivity index (χ4v) is 2.77. The summed E-state index contributed by atoms with van der Waals surface area (Å²) < 4.78 is 6.02. The molecule has 17 heavy (non-hydrogen) atoms. The van der Waals surface area contributed by atoms with Gasteiger partial charge in [-0.1, -0.05) is 52.9 Å². The van der Waals surface area contributed by atoms with E-state index in [1.165, 1.54) is 5.56 Å². The highest BCUT2D eigenvalue weighted by Crippen LogP contribution is 2.14. The Morgan fingerprint density at radius 1 is 1.12 bits per heavy atom. The molecule has 0 bridgehead atoms. The predicted octanol–water partition coefficient (Wildman–Crippen LogP) is 4.29. The minimum atomic E-state index is 0.0607. The van der Waals surface area contributed by atoms with Crippen molar-refractivity contribution in [2.75, 3.05) is 18.4 Å². The minimum Gasteiger partial charge on any atom is -0.376 e. The molecule has 96 valence electrons. The van der Waals surface area contributed by atoms with Gasteiger partial charge in [-0.3, -0.25) is 0 Å². The van der Waals surface area contributed by atoms with E-state index in [2.05, 4.69) is 46.9 Å². The molecule has 0 N–H and O–H groups in total. The largest absolute Gasteiger partial charge is 0.376 e. The topological polar surface area (TPSA) is 9.23 Å². The van der Waals surface area contributed by atoms with E-state index in [1.54, 1.807) is 0 Å². The number of aryl methyl sites for hydroxylation is 1. The highest BCUT2D eigenvalue weighted by atomic mass is 127. The maximum absolute atomic E-state index is 5.85. The molecule has 0 aromatic heterocycles. The molecule has 0 fully saturated rings. The van der Waals surface area contributed by atoms with E-state index in [9.17, 15) is 0 Å². The molecule has 1 rings (SSSR count). The van der Waals surface area contributed by atoms with Gasteiger partial charge in [0.15, 0.2) is 0 Å². The van der Waals surface area contributed by atoms with Crippen LogP contribution >= 0.6 is 45.8 Å². The van der Waals surface area contributed by atoms with E-state index in [-0.39, 0.29) is 10.0 Å². The van der Waals surface area contributed by atoms with Crippen LogP contribution in [0.5, 0.6) is 0 Å². The van der Waals surface area contributed by atoms with Crippen LogP contribution in [0.2, 0.25) is 0 Å². The molecule has 1 aromatic rings. The Morgan fingerprint density at radius 2 is 1.82 bits per heavy atom. The van der Waals surface area contributed by atoms with Crippen molar-refractivity contribution in [2.24, 2.45) is 0 Å². The van der Waals surface area contributed by atoms with E-state index >= 15 is 0 Å². The van der Waals surface area contributed by atoms with Gasteiger partial charge in [0.25, 0.3) is 0 Å². The lowest BCUT2D eigenvalue weighted by Crippen LogP contribution is -2.27. The molecule has 0 radical (unpaired) electrons. The quantitative estimate of drug-likeness (QED) is 0.368. The Kier molecular flexibility index (Phi) is 8.62. The van der Waals surface area contributed by atoms with E-state index in [1.807, 2.05) is 6.07 Å². The first-order valence-corrected chi connectivity index (χ1v) is 8.01.